The monoisotopic (exact) mass is 167 g/mol. The fourth-order valence-electron chi connectivity index (χ4n) is 0. The molecule has 0 saturated heterocycles. The molecule has 0 unspecified atom stereocenters. The van der Waals surface area contributed by atoms with Crippen LogP contribution >= 0.6 is 0 Å². The average molecular weight is 167 g/mol. The quantitative estimate of drug-likeness (QED) is 0.423. The molecule has 0 radical (unpaired) electrons. The van der Waals surface area contributed by atoms with Crippen LogP contribution in [0.3, 0.4) is 0 Å². The predicted octanol–water partition coefficient (Wildman–Crippen LogP) is -2.01. The number of nitrogens with one attached hydrogen (secondary N) is 1. The van der Waals surface area contributed by atoms with Crippen LogP contribution in [0.2, 0.25) is 0 Å². The van der Waals surface area contributed by atoms with Crippen molar-refractivity contribution in [1.82, 2.24) is 0 Å². The third-order valence-electron chi connectivity index (χ3n) is 0.472. The van der Waals surface area contributed by atoms with Crippen molar-refractivity contribution in [1.29, 1.82) is 0 Å². The first-order valence-electron chi connectivity index (χ1n) is 1.62. The fourth-order valence-corrected chi connectivity index (χ4v) is 0. The molecular weight excluding hydrogens is 163 g/mol. The summed E-state index contributed by atoms with van der Waals surface area (Å²) in [4.78, 5) is 0. The van der Waals surface area contributed by atoms with Crippen molar-refractivity contribution >= 4 is 10.0 Å². The molecule has 0 amide bonds. The molecule has 50 valence electrons. The standard InChI is InChI=1S/C2H4F2NO2S.Na/c1-2(3,4)8(5,6)7;/h1H3,(H-,5,6,7);/q-1;+1. The van der Waals surface area contributed by atoms with Gasteiger partial charge in [0.05, 0.1) is 0 Å². The van der Waals surface area contributed by atoms with Gasteiger partial charge in [-0.15, -0.1) is 0 Å². The van der Waals surface area contributed by atoms with E-state index in [1.165, 1.54) is 0 Å². The molecule has 7 heteroatoms. The molecule has 0 aromatic rings. The first-order valence-corrected chi connectivity index (χ1v) is 3.10. The predicted molar refractivity (Wildman–Crippen MR) is 23.9 cm³/mol. The summed E-state index contributed by atoms with van der Waals surface area (Å²) < 4.78 is 42.0. The van der Waals surface area contributed by atoms with E-state index in [1.54, 1.807) is 0 Å². The molecule has 1 N–H and O–H groups in total. The molecule has 0 spiro atoms. The Morgan fingerprint density at radius 3 is 1.56 bits per heavy atom. The Labute approximate surface area is 73.9 Å². The van der Waals surface area contributed by atoms with E-state index in [4.69, 9.17) is 5.14 Å². The summed E-state index contributed by atoms with van der Waals surface area (Å²) in [6.45, 7) is 0.162. The molecule has 0 aromatic heterocycles. The summed E-state index contributed by atoms with van der Waals surface area (Å²) in [6, 6.07) is 0. The van der Waals surface area contributed by atoms with Crippen molar-refractivity contribution in [3.05, 3.63) is 5.14 Å². The Morgan fingerprint density at radius 2 is 1.56 bits per heavy atom. The number of hydrogen-bond donors (Lipinski definition) is 0. The second-order valence-electron chi connectivity index (χ2n) is 1.31. The average Bonchev–Trinajstić information content (AvgIpc) is 1.25. The van der Waals surface area contributed by atoms with Gasteiger partial charge >= 0.3 is 34.8 Å². The number of hydrogen-bond acceptors (Lipinski definition) is 2. The third kappa shape index (κ3) is 4.21. The number of rotatable bonds is 1. The van der Waals surface area contributed by atoms with Gasteiger partial charge in [0.25, 0.3) is 0 Å². The van der Waals surface area contributed by atoms with Gasteiger partial charge in [0.1, 0.15) is 10.0 Å². The molecule has 0 aliphatic heterocycles. The van der Waals surface area contributed by atoms with Gasteiger partial charge in [0.15, 0.2) is 0 Å². The second kappa shape index (κ2) is 3.25. The van der Waals surface area contributed by atoms with E-state index in [0.29, 0.717) is 0 Å². The minimum absolute atomic E-state index is 0. The van der Waals surface area contributed by atoms with Gasteiger partial charge in [0, 0.05) is 6.92 Å². The van der Waals surface area contributed by atoms with E-state index in [9.17, 15) is 17.2 Å². The molecule has 3 nitrogen and oxygen atoms in total. The van der Waals surface area contributed by atoms with Gasteiger partial charge in [-0.25, -0.2) is 8.42 Å². The maximum atomic E-state index is 11.5. The van der Waals surface area contributed by atoms with Crippen molar-refractivity contribution in [2.24, 2.45) is 0 Å². The van der Waals surface area contributed by atoms with Gasteiger partial charge in [-0.05, 0) is 0 Å². The van der Waals surface area contributed by atoms with Gasteiger partial charge in [-0.2, -0.15) is 8.78 Å². The van der Waals surface area contributed by atoms with Crippen LogP contribution in [0, 0.1) is 0 Å². The topological polar surface area (TPSA) is 57.9 Å². The van der Waals surface area contributed by atoms with E-state index in [0.717, 1.165) is 0 Å². The van der Waals surface area contributed by atoms with Crippen molar-refractivity contribution in [2.45, 2.75) is 12.2 Å². The van der Waals surface area contributed by atoms with E-state index in [2.05, 4.69) is 0 Å². The van der Waals surface area contributed by atoms with Crippen molar-refractivity contribution < 1.29 is 46.8 Å². The molecule has 0 aromatic carbocycles. The van der Waals surface area contributed by atoms with Gasteiger partial charge < -0.3 is 5.14 Å². The summed E-state index contributed by atoms with van der Waals surface area (Å²) in [5.41, 5.74) is 0. The van der Waals surface area contributed by atoms with E-state index in [1.807, 2.05) is 0 Å². The molecule has 9 heavy (non-hydrogen) atoms. The molecule has 0 bridgehead atoms. The number of sulfonamides is 1. The zero-order valence-electron chi connectivity index (χ0n) is 4.98. The van der Waals surface area contributed by atoms with E-state index in [-0.39, 0.29) is 36.5 Å². The Bertz CT molecular complexity index is 171. The normalized spacial score (nSPS) is 12.4. The van der Waals surface area contributed by atoms with Crippen LogP contribution in [0.25, 0.3) is 5.14 Å². The van der Waals surface area contributed by atoms with Crippen LogP contribution in [0.5, 0.6) is 0 Å². The Kier molecular flexibility index (Phi) is 4.49. The van der Waals surface area contributed by atoms with Crippen LogP contribution in [0.15, 0.2) is 0 Å². The first kappa shape index (κ1) is 12.4. The van der Waals surface area contributed by atoms with Crippen molar-refractivity contribution in [3.63, 3.8) is 0 Å². The zero-order chi connectivity index (χ0) is 7.00. The molecule has 0 heterocycles. The minimum atomic E-state index is -4.92. The Morgan fingerprint density at radius 1 is 1.44 bits per heavy atom. The molecule has 0 fully saturated rings. The smallest absolute Gasteiger partial charge is 0.559 e. The summed E-state index contributed by atoms with van der Waals surface area (Å²) >= 11 is 0. The molecule has 0 rings (SSSR count). The molecule has 0 atom stereocenters. The maximum Gasteiger partial charge on any atom is 1.00 e. The molecular formula is C2H4F2NNaO2S. The summed E-state index contributed by atoms with van der Waals surface area (Å²) in [7, 11) is -4.92. The van der Waals surface area contributed by atoms with Gasteiger partial charge in [-0.3, -0.25) is 0 Å². The van der Waals surface area contributed by atoms with Crippen LogP contribution in [0.4, 0.5) is 8.78 Å². The molecule has 0 aliphatic carbocycles. The van der Waals surface area contributed by atoms with Crippen LogP contribution in [0.1, 0.15) is 6.92 Å². The molecule has 0 aliphatic rings. The van der Waals surface area contributed by atoms with Gasteiger partial charge in [-0.1, -0.05) is 0 Å². The van der Waals surface area contributed by atoms with Crippen LogP contribution in [-0.4, -0.2) is 13.7 Å². The van der Waals surface area contributed by atoms with Gasteiger partial charge in [0.2, 0.25) is 0 Å². The van der Waals surface area contributed by atoms with E-state index < -0.39 is 15.3 Å². The SMILES string of the molecule is CC(F)(F)S([NH-])(=O)=O.[Na+]. The number of halogens is 2. The zero-order valence-corrected chi connectivity index (χ0v) is 7.80. The largest absolute Gasteiger partial charge is 1.00 e. The summed E-state index contributed by atoms with van der Waals surface area (Å²) in [5, 5.41) is 1.88. The third-order valence-corrected chi connectivity index (χ3v) is 1.42. The van der Waals surface area contributed by atoms with E-state index >= 15 is 0 Å². The van der Waals surface area contributed by atoms with Crippen LogP contribution < -0.4 is 29.6 Å². The number of alkyl halides is 2. The Balaban J connectivity index is 0. The minimum Gasteiger partial charge on any atom is -0.559 e. The summed E-state index contributed by atoms with van der Waals surface area (Å²) in [5.74, 6) is 0. The fraction of sp³-hybridized carbons (Fsp3) is 1.00. The molecule has 0 saturated carbocycles. The second-order valence-corrected chi connectivity index (χ2v) is 3.03. The first-order chi connectivity index (χ1) is 3.25. The van der Waals surface area contributed by atoms with Crippen molar-refractivity contribution in [3.8, 4) is 0 Å². The summed E-state index contributed by atoms with van der Waals surface area (Å²) in [6.07, 6.45) is 0. The van der Waals surface area contributed by atoms with Crippen molar-refractivity contribution in [2.75, 3.05) is 0 Å². The maximum absolute atomic E-state index is 11.5. The van der Waals surface area contributed by atoms with Crippen LogP contribution in [-0.2, 0) is 10.0 Å². The Hall–Kier alpha value is 0.770.